The second kappa shape index (κ2) is 7.37. The van der Waals surface area contributed by atoms with Gasteiger partial charge < -0.3 is 15.0 Å². The van der Waals surface area contributed by atoms with E-state index in [1.807, 2.05) is 6.07 Å². The number of thiophene rings is 1. The Morgan fingerprint density at radius 1 is 1.19 bits per heavy atom. The zero-order valence-electron chi connectivity index (χ0n) is 14.8. The monoisotopic (exact) mass is 386 g/mol. The minimum atomic E-state index is -0.270. The highest BCUT2D eigenvalue weighted by molar-refractivity contribution is 7.80. The Morgan fingerprint density at radius 2 is 2.00 bits per heavy atom. The number of hydrogen-bond acceptors (Lipinski definition) is 4. The average Bonchev–Trinajstić information content (AvgIpc) is 3.04. The van der Waals surface area contributed by atoms with Crippen LogP contribution < -0.4 is 10.2 Å². The summed E-state index contributed by atoms with van der Waals surface area (Å²) in [5.74, 6) is -0.270. The van der Waals surface area contributed by atoms with Gasteiger partial charge in [-0.2, -0.15) is 0 Å². The number of rotatable bonds is 2. The van der Waals surface area contributed by atoms with Crippen LogP contribution in [0.2, 0.25) is 0 Å². The summed E-state index contributed by atoms with van der Waals surface area (Å²) in [6, 6.07) is 8.39. The minimum Gasteiger partial charge on any atom is -0.465 e. The smallest absolute Gasteiger partial charge is 0.341 e. The molecule has 0 fully saturated rings. The predicted molar refractivity (Wildman–Crippen MR) is 111 cm³/mol. The molecule has 2 aromatic rings. The van der Waals surface area contributed by atoms with Gasteiger partial charge in [0.25, 0.3) is 0 Å². The second-order valence-corrected chi connectivity index (χ2v) is 8.21. The number of benzene rings is 1. The molecule has 1 aliphatic heterocycles. The van der Waals surface area contributed by atoms with Crippen molar-refractivity contribution in [1.29, 1.82) is 0 Å². The van der Waals surface area contributed by atoms with Crippen LogP contribution in [0.3, 0.4) is 0 Å². The molecule has 4 nitrogen and oxygen atoms in total. The lowest BCUT2D eigenvalue weighted by Gasteiger charge is -2.31. The van der Waals surface area contributed by atoms with Crippen molar-refractivity contribution in [1.82, 2.24) is 0 Å². The molecule has 0 saturated carbocycles. The van der Waals surface area contributed by atoms with Gasteiger partial charge >= 0.3 is 5.97 Å². The Hall–Kier alpha value is -1.92. The molecule has 0 bridgehead atoms. The van der Waals surface area contributed by atoms with E-state index in [0.717, 1.165) is 54.9 Å². The standard InChI is InChI=1S/C20H22N2O2S2/c1-24-19(23)17-14-9-3-5-11-16(14)26-18(17)21-20(25)22-12-6-8-13-7-2-4-10-15(13)22/h2,4,7,10H,3,5-6,8-9,11-12H2,1H3,(H,21,25). The number of fused-ring (bicyclic) bond motifs is 2. The number of carbonyl (C=O) groups is 1. The fourth-order valence-electron chi connectivity index (χ4n) is 3.88. The van der Waals surface area contributed by atoms with Crippen LogP contribution in [-0.4, -0.2) is 24.7 Å². The molecular formula is C20H22N2O2S2. The molecule has 0 radical (unpaired) electrons. The van der Waals surface area contributed by atoms with Crippen molar-refractivity contribution in [2.75, 3.05) is 23.9 Å². The summed E-state index contributed by atoms with van der Waals surface area (Å²) in [4.78, 5) is 15.9. The molecule has 0 atom stereocenters. The number of nitrogens with one attached hydrogen (secondary N) is 1. The van der Waals surface area contributed by atoms with Crippen molar-refractivity contribution in [3.63, 3.8) is 0 Å². The first kappa shape index (κ1) is 17.5. The van der Waals surface area contributed by atoms with E-state index in [2.05, 4.69) is 28.4 Å². The normalized spacial score (nSPS) is 15.8. The van der Waals surface area contributed by atoms with Gasteiger partial charge in [0.2, 0.25) is 0 Å². The van der Waals surface area contributed by atoms with E-state index in [-0.39, 0.29) is 5.97 Å². The van der Waals surface area contributed by atoms with Crippen LogP contribution in [0, 0.1) is 0 Å². The highest BCUT2D eigenvalue weighted by Gasteiger charge is 2.28. The molecular weight excluding hydrogens is 364 g/mol. The van der Waals surface area contributed by atoms with Crippen LogP contribution in [0.4, 0.5) is 10.7 Å². The number of methoxy groups -OCH3 is 1. The molecule has 26 heavy (non-hydrogen) atoms. The number of para-hydroxylation sites is 1. The predicted octanol–water partition coefficient (Wildman–Crippen LogP) is 4.56. The summed E-state index contributed by atoms with van der Waals surface area (Å²) < 4.78 is 5.06. The molecule has 0 spiro atoms. The van der Waals surface area contributed by atoms with Crippen molar-refractivity contribution in [3.8, 4) is 0 Å². The Kier molecular flexibility index (Phi) is 4.96. The van der Waals surface area contributed by atoms with Crippen molar-refractivity contribution in [2.24, 2.45) is 0 Å². The molecule has 1 aromatic heterocycles. The third kappa shape index (κ3) is 3.12. The van der Waals surface area contributed by atoms with Crippen LogP contribution in [0.15, 0.2) is 24.3 Å². The molecule has 2 aliphatic rings. The van der Waals surface area contributed by atoms with Crippen LogP contribution >= 0.6 is 23.6 Å². The van der Waals surface area contributed by atoms with E-state index in [4.69, 9.17) is 17.0 Å². The van der Waals surface area contributed by atoms with Crippen LogP contribution in [0.5, 0.6) is 0 Å². The van der Waals surface area contributed by atoms with Gasteiger partial charge in [-0.25, -0.2) is 4.79 Å². The first-order valence-electron chi connectivity index (χ1n) is 9.08. The molecule has 2 heterocycles. The topological polar surface area (TPSA) is 41.6 Å². The maximum absolute atomic E-state index is 12.4. The molecule has 1 aromatic carbocycles. The molecule has 0 saturated heterocycles. The van der Waals surface area contributed by atoms with Crippen molar-refractivity contribution in [2.45, 2.75) is 38.5 Å². The van der Waals surface area contributed by atoms with E-state index in [0.29, 0.717) is 10.7 Å². The van der Waals surface area contributed by atoms with Gasteiger partial charge in [0.05, 0.1) is 12.7 Å². The zero-order valence-corrected chi connectivity index (χ0v) is 16.5. The first-order chi connectivity index (χ1) is 12.7. The third-order valence-corrected chi connectivity index (χ3v) is 6.67. The molecule has 0 amide bonds. The van der Waals surface area contributed by atoms with E-state index < -0.39 is 0 Å². The van der Waals surface area contributed by atoms with E-state index >= 15 is 0 Å². The summed E-state index contributed by atoms with van der Waals surface area (Å²) >= 11 is 7.38. The van der Waals surface area contributed by atoms with Gasteiger partial charge in [0, 0.05) is 17.1 Å². The van der Waals surface area contributed by atoms with Crippen molar-refractivity contribution >= 4 is 45.3 Å². The first-order valence-corrected chi connectivity index (χ1v) is 10.3. The van der Waals surface area contributed by atoms with Gasteiger partial charge in [0.15, 0.2) is 5.11 Å². The lowest BCUT2D eigenvalue weighted by molar-refractivity contribution is 0.0601. The van der Waals surface area contributed by atoms with Crippen molar-refractivity contribution in [3.05, 3.63) is 45.8 Å². The molecule has 0 unspecified atom stereocenters. The summed E-state index contributed by atoms with van der Waals surface area (Å²) in [7, 11) is 1.44. The van der Waals surface area contributed by atoms with E-state index in [1.165, 1.54) is 24.0 Å². The molecule has 1 aliphatic carbocycles. The summed E-state index contributed by atoms with van der Waals surface area (Å²) in [5.41, 5.74) is 4.32. The molecule has 1 N–H and O–H groups in total. The lowest BCUT2D eigenvalue weighted by atomic mass is 9.95. The number of nitrogens with zero attached hydrogens (tertiary/aromatic N) is 1. The Labute approximate surface area is 163 Å². The van der Waals surface area contributed by atoms with Crippen LogP contribution in [-0.2, 0) is 24.0 Å². The summed E-state index contributed by atoms with van der Waals surface area (Å²) in [6.45, 7) is 0.890. The summed E-state index contributed by atoms with van der Waals surface area (Å²) in [6.07, 6.45) is 6.43. The van der Waals surface area contributed by atoms with Crippen LogP contribution in [0.25, 0.3) is 0 Å². The van der Waals surface area contributed by atoms with Gasteiger partial charge in [-0.1, -0.05) is 18.2 Å². The number of aryl methyl sites for hydroxylation is 2. The van der Waals surface area contributed by atoms with Gasteiger partial charge in [-0.05, 0) is 67.9 Å². The number of hydrogen-bond donors (Lipinski definition) is 1. The molecule has 6 heteroatoms. The maximum atomic E-state index is 12.4. The highest BCUT2D eigenvalue weighted by Crippen LogP contribution is 2.39. The van der Waals surface area contributed by atoms with Gasteiger partial charge in [-0.3, -0.25) is 0 Å². The van der Waals surface area contributed by atoms with Gasteiger partial charge in [0.1, 0.15) is 5.00 Å². The maximum Gasteiger partial charge on any atom is 0.341 e. The van der Waals surface area contributed by atoms with Crippen molar-refractivity contribution < 1.29 is 9.53 Å². The molecule has 4 rings (SSSR count). The van der Waals surface area contributed by atoms with E-state index in [1.54, 1.807) is 11.3 Å². The third-order valence-electron chi connectivity index (χ3n) is 5.14. The number of carbonyl (C=O) groups excluding carboxylic acids is 1. The second-order valence-electron chi connectivity index (χ2n) is 6.72. The summed E-state index contributed by atoms with van der Waals surface area (Å²) in [5, 5.41) is 4.85. The lowest BCUT2D eigenvalue weighted by Crippen LogP contribution is -2.38. The Morgan fingerprint density at radius 3 is 2.85 bits per heavy atom. The quantitative estimate of drug-likeness (QED) is 0.605. The number of ether oxygens (including phenoxy) is 1. The van der Waals surface area contributed by atoms with E-state index in [9.17, 15) is 4.79 Å². The molecule has 136 valence electrons. The number of thiocarbonyl (C=S) groups is 1. The van der Waals surface area contributed by atoms with Crippen LogP contribution in [0.1, 0.15) is 45.6 Å². The number of anilines is 2. The fourth-order valence-corrected chi connectivity index (χ4v) is 5.51. The largest absolute Gasteiger partial charge is 0.465 e. The Balaban J connectivity index is 1.65. The Bertz CT molecular complexity index is 859. The average molecular weight is 387 g/mol. The minimum absolute atomic E-state index is 0.270. The SMILES string of the molecule is COC(=O)c1c(NC(=S)N2CCCc3ccccc32)sc2c1CCCC2. The fraction of sp³-hybridized carbons (Fsp3) is 0.400. The highest BCUT2D eigenvalue weighted by atomic mass is 32.1. The zero-order chi connectivity index (χ0) is 18.1. The van der Waals surface area contributed by atoms with Gasteiger partial charge in [-0.15, -0.1) is 11.3 Å². The number of esters is 1.